The molecule has 0 spiro atoms. The van der Waals surface area contributed by atoms with Crippen molar-refractivity contribution in [3.05, 3.63) is 35.9 Å². The number of imide groups is 1. The van der Waals surface area contributed by atoms with Crippen LogP contribution in [0.2, 0.25) is 0 Å². The van der Waals surface area contributed by atoms with Gasteiger partial charge in [-0.3, -0.25) is 33.4 Å². The van der Waals surface area contributed by atoms with E-state index in [1.165, 1.54) is 18.2 Å². The van der Waals surface area contributed by atoms with E-state index < -0.39 is 100 Å². The number of rotatable bonds is 18. The second-order valence-corrected chi connectivity index (χ2v) is 14.2. The van der Waals surface area contributed by atoms with Crippen molar-refractivity contribution < 1.29 is 85.8 Å². The fraction of sp³-hybridized carbons (Fsp3) is 0.548. The van der Waals surface area contributed by atoms with E-state index in [4.69, 9.17) is 23.7 Å². The zero-order valence-corrected chi connectivity index (χ0v) is 29.5. The number of esters is 1. The summed E-state index contributed by atoms with van der Waals surface area (Å²) in [5, 5.41) is 44.0. The Labute approximate surface area is 302 Å². The Hall–Kier alpha value is -4.71. The molecule has 53 heavy (non-hydrogen) atoms. The van der Waals surface area contributed by atoms with E-state index in [1.807, 2.05) is 0 Å². The first kappa shape index (κ1) is 42.7. The minimum absolute atomic E-state index is 0.0341. The summed E-state index contributed by atoms with van der Waals surface area (Å²) in [5.41, 5.74) is -0.467. The largest absolute Gasteiger partial charge is 0.491 e. The number of nitrogens with zero attached hydrogens (tertiary/aromatic N) is 1. The summed E-state index contributed by atoms with van der Waals surface area (Å²) in [4.78, 5) is 72.7. The molecule has 0 unspecified atom stereocenters. The van der Waals surface area contributed by atoms with Gasteiger partial charge in [-0.15, -0.1) is 0 Å². The van der Waals surface area contributed by atoms with E-state index in [2.05, 4.69) is 10.6 Å². The summed E-state index contributed by atoms with van der Waals surface area (Å²) in [6, 6.07) is 2.34. The van der Waals surface area contributed by atoms with E-state index in [-0.39, 0.29) is 44.5 Å². The molecule has 2 aliphatic heterocycles. The van der Waals surface area contributed by atoms with Crippen molar-refractivity contribution in [3.8, 4) is 11.5 Å². The average Bonchev–Trinajstić information content (AvgIpc) is 3.37. The van der Waals surface area contributed by atoms with Crippen LogP contribution in [0.5, 0.6) is 11.5 Å². The van der Waals surface area contributed by atoms with E-state index in [0.29, 0.717) is 10.5 Å². The second-order valence-electron chi connectivity index (χ2n) is 12.7. The maximum atomic E-state index is 12.6. The summed E-state index contributed by atoms with van der Waals surface area (Å²) >= 11 is 0. The van der Waals surface area contributed by atoms with Gasteiger partial charge in [-0.25, -0.2) is 4.79 Å². The third-order valence-electron chi connectivity index (χ3n) is 7.34. The Balaban J connectivity index is 1.57. The number of benzene rings is 1. The Morgan fingerprint density at radius 3 is 2.25 bits per heavy atom. The number of aliphatic carboxylic acids is 1. The molecule has 1 fully saturated rings. The van der Waals surface area contributed by atoms with Crippen LogP contribution < -0.4 is 20.1 Å². The Morgan fingerprint density at radius 2 is 1.64 bits per heavy atom. The van der Waals surface area contributed by atoms with Crippen LogP contribution in [-0.2, 0) is 59.7 Å². The molecule has 0 aliphatic carbocycles. The molecule has 0 bridgehead atoms. The zero-order valence-electron chi connectivity index (χ0n) is 28.7. The first-order chi connectivity index (χ1) is 24.7. The number of hydrogen-bond acceptors (Lipinski definition) is 16. The molecule has 2 aliphatic rings. The average molecular weight is 776 g/mol. The SMILES string of the molecule is CC(C)(C)C(=O)OCc1ccc(O[C@@H]2O[C@H](C(=O)O)[C@@H](O)[C@H](O)[C@H]2O)cc1OCCOCCNC(=O)[C@H](CS(=O)(=O)O)NC(=O)CN1C(=O)C=CC1=O. The summed E-state index contributed by atoms with van der Waals surface area (Å²) in [6.45, 7) is 3.31. The predicted molar refractivity (Wildman–Crippen MR) is 174 cm³/mol. The molecule has 0 radical (unpaired) electrons. The summed E-state index contributed by atoms with van der Waals surface area (Å²) in [7, 11) is -4.76. The van der Waals surface area contributed by atoms with Crippen LogP contribution in [0.1, 0.15) is 26.3 Å². The summed E-state index contributed by atoms with van der Waals surface area (Å²) < 4.78 is 59.4. The van der Waals surface area contributed by atoms with Gasteiger partial charge in [-0.05, 0) is 32.9 Å². The smallest absolute Gasteiger partial charge is 0.335 e. The first-order valence-electron chi connectivity index (χ1n) is 15.8. The van der Waals surface area contributed by atoms with Crippen molar-refractivity contribution in [2.75, 3.05) is 38.7 Å². The minimum Gasteiger partial charge on any atom is -0.491 e. The lowest BCUT2D eigenvalue weighted by Crippen LogP contribution is -2.61. The lowest BCUT2D eigenvalue weighted by molar-refractivity contribution is -0.271. The number of hydrogen-bond donors (Lipinski definition) is 7. The fourth-order valence-corrected chi connectivity index (χ4v) is 5.21. The van der Waals surface area contributed by atoms with Gasteiger partial charge in [0.25, 0.3) is 21.9 Å². The van der Waals surface area contributed by atoms with Crippen molar-refractivity contribution in [1.82, 2.24) is 15.5 Å². The van der Waals surface area contributed by atoms with E-state index in [1.54, 1.807) is 20.8 Å². The maximum Gasteiger partial charge on any atom is 0.335 e. The molecule has 1 aromatic carbocycles. The van der Waals surface area contributed by atoms with Crippen LogP contribution in [0.15, 0.2) is 30.4 Å². The third kappa shape index (κ3) is 12.7. The molecule has 21 nitrogen and oxygen atoms in total. The zero-order chi connectivity index (χ0) is 39.7. The van der Waals surface area contributed by atoms with Gasteiger partial charge in [0.2, 0.25) is 18.1 Å². The molecular formula is C31H41N3O18S. The number of amides is 4. The van der Waals surface area contributed by atoms with Gasteiger partial charge in [0, 0.05) is 30.3 Å². The number of aliphatic hydroxyl groups is 3. The van der Waals surface area contributed by atoms with Gasteiger partial charge in [0.15, 0.2) is 6.10 Å². The highest BCUT2D eigenvalue weighted by atomic mass is 32.2. The number of aliphatic hydroxyl groups excluding tert-OH is 3. The highest BCUT2D eigenvalue weighted by Crippen LogP contribution is 2.30. The number of ether oxygens (including phenoxy) is 5. The number of nitrogens with one attached hydrogen (secondary N) is 2. The number of carbonyl (C=O) groups excluding carboxylic acids is 5. The number of carbonyl (C=O) groups is 6. The van der Waals surface area contributed by atoms with Crippen molar-refractivity contribution in [3.63, 3.8) is 0 Å². The van der Waals surface area contributed by atoms with Crippen LogP contribution in [0.25, 0.3) is 0 Å². The summed E-state index contributed by atoms with van der Waals surface area (Å²) in [5.74, 6) is -6.90. The Kier molecular flexibility index (Phi) is 14.8. The van der Waals surface area contributed by atoms with Crippen LogP contribution in [0.3, 0.4) is 0 Å². The maximum absolute atomic E-state index is 12.6. The van der Waals surface area contributed by atoms with Gasteiger partial charge in [0.05, 0.1) is 18.6 Å². The van der Waals surface area contributed by atoms with Gasteiger partial charge in [0.1, 0.15) is 61.4 Å². The highest BCUT2D eigenvalue weighted by Gasteiger charge is 2.48. The van der Waals surface area contributed by atoms with Gasteiger partial charge in [-0.2, -0.15) is 8.42 Å². The minimum atomic E-state index is -4.76. The number of carboxylic acid groups (broad SMARTS) is 1. The van der Waals surface area contributed by atoms with Crippen molar-refractivity contribution >= 4 is 45.7 Å². The van der Waals surface area contributed by atoms with Gasteiger partial charge in [-0.1, -0.05) is 0 Å². The second kappa shape index (κ2) is 18.4. The van der Waals surface area contributed by atoms with E-state index >= 15 is 0 Å². The van der Waals surface area contributed by atoms with E-state index in [9.17, 15) is 62.2 Å². The molecular weight excluding hydrogens is 734 g/mol. The molecule has 1 saturated heterocycles. The lowest BCUT2D eigenvalue weighted by atomic mass is 9.97. The molecule has 3 rings (SSSR count). The number of carboxylic acids is 1. The van der Waals surface area contributed by atoms with Gasteiger partial charge < -0.3 is 54.7 Å². The van der Waals surface area contributed by atoms with Crippen molar-refractivity contribution in [1.29, 1.82) is 0 Å². The van der Waals surface area contributed by atoms with Crippen LogP contribution in [0.4, 0.5) is 0 Å². The van der Waals surface area contributed by atoms with Crippen LogP contribution in [0, 0.1) is 5.41 Å². The normalized spacial score (nSPS) is 22.2. The van der Waals surface area contributed by atoms with Crippen LogP contribution in [-0.4, -0.2) is 149 Å². The highest BCUT2D eigenvalue weighted by molar-refractivity contribution is 7.85. The molecule has 4 amide bonds. The molecule has 6 atom stereocenters. The lowest BCUT2D eigenvalue weighted by Gasteiger charge is -2.38. The fourth-order valence-electron chi connectivity index (χ4n) is 4.55. The third-order valence-corrected chi connectivity index (χ3v) is 8.09. The molecule has 7 N–H and O–H groups in total. The van der Waals surface area contributed by atoms with Crippen LogP contribution >= 0.6 is 0 Å². The van der Waals surface area contributed by atoms with Gasteiger partial charge >= 0.3 is 11.9 Å². The van der Waals surface area contributed by atoms with E-state index in [0.717, 1.165) is 12.2 Å². The first-order valence-corrected chi connectivity index (χ1v) is 17.4. The van der Waals surface area contributed by atoms with Crippen molar-refractivity contribution in [2.24, 2.45) is 5.41 Å². The monoisotopic (exact) mass is 775 g/mol. The topological polar surface area (TPSA) is 311 Å². The Bertz CT molecular complexity index is 1660. The Morgan fingerprint density at radius 1 is 0.981 bits per heavy atom. The molecule has 294 valence electrons. The molecule has 2 heterocycles. The molecule has 0 aromatic heterocycles. The molecule has 0 saturated carbocycles. The van der Waals surface area contributed by atoms with Crippen molar-refractivity contribution in [2.45, 2.75) is 64.1 Å². The molecule has 1 aromatic rings. The quantitative estimate of drug-likeness (QED) is 0.0335. The standard InChI is InChI=1S/C31H41N3O18S/c1-31(2,3)30(44)50-14-16-4-5-17(51-29-25(40)23(38)24(39)26(52-29)28(42)43)12-19(16)49-11-10-48-9-8-32-27(41)18(15-53(45,46)47)33-20(35)13-34-21(36)6-7-22(34)37/h4-7,12,18,23-26,29,38-40H,8-11,13-15H2,1-3H3,(H,32,41)(H,33,35)(H,42,43)(H,45,46,47)/t18-,23-,24-,25+,26-,29+/m0/s1. The molecule has 22 heteroatoms. The predicted octanol–water partition coefficient (Wildman–Crippen LogP) is -3.14. The summed E-state index contributed by atoms with van der Waals surface area (Å²) in [6.07, 6.45) is -7.45.